The minimum absolute atomic E-state index is 0.0134. The Labute approximate surface area is 418 Å². The minimum atomic E-state index is -0.0231. The maximum atomic E-state index is 2.53. The summed E-state index contributed by atoms with van der Waals surface area (Å²) in [6.45, 7) is 28.1. The molecule has 0 atom stereocenters. The molecule has 0 amide bonds. The molecule has 11 rings (SSSR count). The molecule has 344 valence electrons. The first-order valence-corrected chi connectivity index (χ1v) is 25.7. The van der Waals surface area contributed by atoms with E-state index in [1.807, 2.05) is 0 Å². The summed E-state index contributed by atoms with van der Waals surface area (Å²) in [5, 5.41) is 10.6. The van der Waals surface area contributed by atoms with Gasteiger partial charge in [-0.15, -0.1) is 0 Å². The topological polar surface area (TPSA) is 0 Å². The zero-order chi connectivity index (χ0) is 49.1. The van der Waals surface area contributed by atoms with E-state index in [0.717, 1.165) is 0 Å². The molecule has 0 N–H and O–H groups in total. The highest BCUT2D eigenvalue weighted by Crippen LogP contribution is 2.42. The predicted octanol–water partition coefficient (Wildman–Crippen LogP) is 14.2. The van der Waals surface area contributed by atoms with Crippen molar-refractivity contribution in [2.24, 2.45) is 0 Å². The first-order chi connectivity index (χ1) is 33.3. The van der Waals surface area contributed by atoms with E-state index in [0.29, 0.717) is 0 Å². The molecule has 10 aromatic rings. The quantitative estimate of drug-likeness (QED) is 0.122. The number of rotatable bonds is 4. The maximum absolute atomic E-state index is 2.53. The highest BCUT2D eigenvalue weighted by Gasteiger charge is 2.42. The fourth-order valence-corrected chi connectivity index (χ4v) is 11.9. The molecule has 2 heteroatoms. The Morgan fingerprint density at radius 3 is 0.700 bits per heavy atom. The monoisotopic (exact) mass is 905 g/mol. The van der Waals surface area contributed by atoms with Gasteiger partial charge in [-0.05, 0) is 134 Å². The van der Waals surface area contributed by atoms with Gasteiger partial charge in [0.25, 0.3) is 0 Å². The van der Waals surface area contributed by atoms with E-state index in [9.17, 15) is 0 Å². The Morgan fingerprint density at radius 1 is 0.243 bits per heavy atom. The molecule has 0 nitrogen and oxygen atoms in total. The smallest absolute Gasteiger partial charge is 0.0733 e. The van der Waals surface area contributed by atoms with Crippen molar-refractivity contribution in [1.82, 2.24) is 0 Å². The first kappa shape index (κ1) is 45.8. The second kappa shape index (κ2) is 16.5. The fraction of sp³-hybridized carbons (Fsp3) is 0.235. The Kier molecular flexibility index (Phi) is 10.8. The van der Waals surface area contributed by atoms with E-state index in [-0.39, 0.29) is 35.1 Å². The third-order valence-electron chi connectivity index (χ3n) is 15.7. The number of hydrogen-bond acceptors (Lipinski definition) is 0. The summed E-state index contributed by atoms with van der Waals surface area (Å²) in [6.07, 6.45) is 0. The highest BCUT2D eigenvalue weighted by atomic mass is 14.3. The van der Waals surface area contributed by atoms with E-state index in [2.05, 4.69) is 265 Å². The summed E-state index contributed by atoms with van der Waals surface area (Å²) in [5.41, 5.74) is 18.8. The van der Waals surface area contributed by atoms with Crippen molar-refractivity contribution < 1.29 is 0 Å². The van der Waals surface area contributed by atoms with E-state index in [4.69, 9.17) is 0 Å². The molecule has 0 aliphatic carbocycles. The van der Waals surface area contributed by atoms with Gasteiger partial charge in [-0.2, -0.15) is 0 Å². The van der Waals surface area contributed by atoms with Gasteiger partial charge < -0.3 is 0 Å². The van der Waals surface area contributed by atoms with Gasteiger partial charge >= 0.3 is 0 Å². The van der Waals surface area contributed by atoms with Crippen LogP contribution >= 0.6 is 0 Å². The first-order valence-electron chi connectivity index (χ1n) is 25.7. The second-order valence-corrected chi connectivity index (χ2v) is 24.5. The molecule has 0 bridgehead atoms. The lowest BCUT2D eigenvalue weighted by Gasteiger charge is -2.35. The Hall–Kier alpha value is -6.63. The van der Waals surface area contributed by atoms with Crippen LogP contribution in [0.2, 0.25) is 0 Å². The summed E-state index contributed by atoms with van der Waals surface area (Å²) in [4.78, 5) is 0. The largest absolute Gasteiger partial charge is 0.241 e. The predicted molar refractivity (Wildman–Crippen MR) is 311 cm³/mol. The van der Waals surface area contributed by atoms with Gasteiger partial charge in [0.15, 0.2) is 0 Å². The van der Waals surface area contributed by atoms with E-state index in [1.54, 1.807) is 0 Å². The highest BCUT2D eigenvalue weighted by molar-refractivity contribution is 7.13. The van der Waals surface area contributed by atoms with E-state index < -0.39 is 0 Å². The van der Waals surface area contributed by atoms with E-state index in [1.165, 1.54) is 120 Å². The van der Waals surface area contributed by atoms with Crippen molar-refractivity contribution in [3.8, 4) is 22.3 Å². The van der Waals surface area contributed by atoms with Crippen molar-refractivity contribution in [2.75, 3.05) is 0 Å². The summed E-state index contributed by atoms with van der Waals surface area (Å²) >= 11 is 0. The van der Waals surface area contributed by atoms with Gasteiger partial charge in [-0.1, -0.05) is 274 Å². The molecule has 70 heavy (non-hydrogen) atoms. The lowest BCUT2D eigenvalue weighted by molar-refractivity contribution is 0.590. The van der Waals surface area contributed by atoms with Crippen LogP contribution in [0.4, 0.5) is 0 Å². The molecule has 1 heterocycles. The summed E-state index contributed by atoms with van der Waals surface area (Å²) < 4.78 is 0. The second-order valence-electron chi connectivity index (χ2n) is 24.5. The standard InChI is InChI=1S/C68H66B2/c1-65(2,3)45-31-35-49-53(39-45)61(43-23-15-13-16-24-43)54-40-46(66(4,5)6)32-36-50(54)63(49)69-57-27-19-21-29-59(57)70(60-30-22-20-28-58(60)69)64-51-37-33-47(67(7,8)9)41-55(51)62(44-25-17-14-18-26-44)56-42-48(68(10,11)12)34-38-52(56)64/h13-42H,1-12H3. The van der Waals surface area contributed by atoms with Gasteiger partial charge in [-0.25, -0.2) is 0 Å². The van der Waals surface area contributed by atoms with Crippen molar-refractivity contribution in [3.63, 3.8) is 0 Å². The van der Waals surface area contributed by atoms with Crippen molar-refractivity contribution in [2.45, 2.75) is 105 Å². The summed E-state index contributed by atoms with van der Waals surface area (Å²) in [7, 11) is 0. The van der Waals surface area contributed by atoms with Gasteiger partial charge in [0.2, 0.25) is 13.4 Å². The number of benzene rings is 10. The molecule has 0 fully saturated rings. The van der Waals surface area contributed by atoms with Gasteiger partial charge in [0, 0.05) is 0 Å². The van der Waals surface area contributed by atoms with Crippen LogP contribution in [0.1, 0.15) is 105 Å². The zero-order valence-electron chi connectivity index (χ0n) is 43.5. The van der Waals surface area contributed by atoms with Crippen LogP contribution in [0.25, 0.3) is 65.3 Å². The van der Waals surface area contributed by atoms with Crippen LogP contribution in [-0.2, 0) is 21.7 Å². The average molecular weight is 905 g/mol. The lowest BCUT2D eigenvalue weighted by Crippen LogP contribution is -2.75. The van der Waals surface area contributed by atoms with Crippen molar-refractivity contribution in [3.05, 3.63) is 204 Å². The maximum Gasteiger partial charge on any atom is 0.241 e. The van der Waals surface area contributed by atoms with Crippen LogP contribution < -0.4 is 32.8 Å². The number of hydrogen-bond donors (Lipinski definition) is 0. The summed E-state index contributed by atoms with van der Waals surface area (Å²) in [5.74, 6) is 0. The van der Waals surface area contributed by atoms with Crippen LogP contribution in [0.15, 0.2) is 182 Å². The Balaban J connectivity index is 1.28. The Morgan fingerprint density at radius 2 is 0.471 bits per heavy atom. The SMILES string of the molecule is CC(C)(C)c1ccc2c(B3c4ccccc4B(c4c5ccc(C(C)(C)C)cc5c(-c5ccccc5)c5cc(C(C)(C)C)ccc45)c4ccccc43)c3ccc(C(C)(C)C)cc3c(-c3ccccc3)c2c1. The zero-order valence-corrected chi connectivity index (χ0v) is 43.5. The normalized spacial score (nSPS) is 13.4. The van der Waals surface area contributed by atoms with Gasteiger partial charge in [0.1, 0.15) is 0 Å². The van der Waals surface area contributed by atoms with Crippen LogP contribution in [0.3, 0.4) is 0 Å². The van der Waals surface area contributed by atoms with Gasteiger partial charge in [-0.3, -0.25) is 0 Å². The summed E-state index contributed by atoms with van der Waals surface area (Å²) in [6, 6.07) is 70.9. The number of fused-ring (bicyclic) bond motifs is 6. The molecule has 0 aromatic heterocycles. The molecule has 0 spiro atoms. The molecule has 0 saturated carbocycles. The molecule has 1 aliphatic heterocycles. The molecule has 0 radical (unpaired) electrons. The molecule has 0 unspecified atom stereocenters. The van der Waals surface area contributed by atoms with Crippen molar-refractivity contribution in [1.29, 1.82) is 0 Å². The molecule has 10 aromatic carbocycles. The minimum Gasteiger partial charge on any atom is -0.0733 e. The van der Waals surface area contributed by atoms with Crippen LogP contribution in [-0.4, -0.2) is 13.4 Å². The molecule has 1 aliphatic rings. The van der Waals surface area contributed by atoms with Crippen LogP contribution in [0, 0.1) is 0 Å². The van der Waals surface area contributed by atoms with E-state index >= 15 is 0 Å². The molecule has 0 saturated heterocycles. The van der Waals surface area contributed by atoms with Crippen LogP contribution in [0.5, 0.6) is 0 Å². The fourth-order valence-electron chi connectivity index (χ4n) is 11.9. The third kappa shape index (κ3) is 7.62. The Bertz CT molecular complexity index is 3240. The molecular formula is C68H66B2. The average Bonchev–Trinajstić information content (AvgIpc) is 3.33. The third-order valence-corrected chi connectivity index (χ3v) is 15.7. The van der Waals surface area contributed by atoms with Crippen molar-refractivity contribution >= 4 is 89.3 Å². The van der Waals surface area contributed by atoms with Gasteiger partial charge in [0.05, 0.1) is 0 Å². The molecular weight excluding hydrogens is 838 g/mol. The lowest BCUT2D eigenvalue weighted by atomic mass is 9.20.